The topological polar surface area (TPSA) is 61.0 Å². The van der Waals surface area contributed by atoms with Crippen molar-refractivity contribution < 1.29 is 4.74 Å². The smallest absolute Gasteiger partial charge is 0.137 e. The molecule has 0 saturated carbocycles. The molecule has 2 N–H and O–H groups in total. The largest absolute Gasteiger partial charge is 0.383 e. The van der Waals surface area contributed by atoms with Gasteiger partial charge in [-0.05, 0) is 37.7 Å². The molecule has 2 aromatic rings. The number of thiophene rings is 1. The molecular formula is C14H17N3OS. The maximum atomic E-state index is 6.21. The molecule has 2 aliphatic rings. The van der Waals surface area contributed by atoms with Gasteiger partial charge < -0.3 is 10.5 Å². The highest BCUT2D eigenvalue weighted by Gasteiger charge is 2.24. The molecule has 1 fully saturated rings. The molecule has 1 unspecified atom stereocenters. The van der Waals surface area contributed by atoms with Crippen molar-refractivity contribution in [2.75, 3.05) is 18.9 Å². The highest BCUT2D eigenvalue weighted by atomic mass is 32.1. The van der Waals surface area contributed by atoms with E-state index in [1.807, 2.05) is 11.3 Å². The molecule has 0 amide bonds. The summed E-state index contributed by atoms with van der Waals surface area (Å²) in [5, 5.41) is 1.13. The van der Waals surface area contributed by atoms with Gasteiger partial charge in [-0.1, -0.05) is 0 Å². The lowest BCUT2D eigenvalue weighted by molar-refractivity contribution is 0.193. The predicted octanol–water partition coefficient (Wildman–Crippen LogP) is 2.66. The van der Waals surface area contributed by atoms with Gasteiger partial charge in [-0.3, -0.25) is 0 Å². The van der Waals surface area contributed by atoms with Crippen LogP contribution in [0.1, 0.15) is 41.4 Å². The first-order valence-electron chi connectivity index (χ1n) is 6.98. The van der Waals surface area contributed by atoms with Crippen LogP contribution in [0.2, 0.25) is 0 Å². The predicted molar refractivity (Wildman–Crippen MR) is 76.6 cm³/mol. The van der Waals surface area contributed by atoms with E-state index in [1.54, 1.807) is 0 Å². The fourth-order valence-corrected chi connectivity index (χ4v) is 4.40. The number of nitrogen functional groups attached to an aromatic ring is 1. The van der Waals surface area contributed by atoms with E-state index in [-0.39, 0.29) is 0 Å². The van der Waals surface area contributed by atoms with Crippen LogP contribution in [0.25, 0.3) is 10.2 Å². The highest BCUT2D eigenvalue weighted by Crippen LogP contribution is 2.38. The van der Waals surface area contributed by atoms with Crippen molar-refractivity contribution in [2.45, 2.75) is 38.0 Å². The second kappa shape index (κ2) is 4.42. The minimum Gasteiger partial charge on any atom is -0.383 e. The van der Waals surface area contributed by atoms with E-state index in [9.17, 15) is 0 Å². The summed E-state index contributed by atoms with van der Waals surface area (Å²) in [7, 11) is 0. The Morgan fingerprint density at radius 3 is 2.95 bits per heavy atom. The molecule has 0 aromatic carbocycles. The number of aryl methyl sites for hydroxylation is 2. The molecule has 19 heavy (non-hydrogen) atoms. The Bertz CT molecular complexity index is 631. The van der Waals surface area contributed by atoms with Gasteiger partial charge in [0.2, 0.25) is 0 Å². The van der Waals surface area contributed by atoms with Gasteiger partial charge in [0, 0.05) is 17.4 Å². The van der Waals surface area contributed by atoms with Gasteiger partial charge in [0.15, 0.2) is 0 Å². The third-order valence-electron chi connectivity index (χ3n) is 4.15. The van der Waals surface area contributed by atoms with Crippen LogP contribution in [0.4, 0.5) is 5.82 Å². The fraction of sp³-hybridized carbons (Fsp3) is 0.571. The van der Waals surface area contributed by atoms with E-state index in [4.69, 9.17) is 15.5 Å². The lowest BCUT2D eigenvalue weighted by Gasteiger charge is -2.11. The number of aromatic nitrogens is 2. The molecule has 3 heterocycles. The summed E-state index contributed by atoms with van der Waals surface area (Å²) >= 11 is 1.81. The molecule has 0 radical (unpaired) electrons. The van der Waals surface area contributed by atoms with Gasteiger partial charge in [-0.2, -0.15) is 0 Å². The summed E-state index contributed by atoms with van der Waals surface area (Å²) in [6, 6.07) is 0. The van der Waals surface area contributed by atoms with Crippen molar-refractivity contribution in [3.05, 3.63) is 16.3 Å². The number of nitrogens with two attached hydrogens (primary N) is 1. The summed E-state index contributed by atoms with van der Waals surface area (Å²) in [5.74, 6) is 1.87. The Morgan fingerprint density at radius 1 is 1.21 bits per heavy atom. The monoisotopic (exact) mass is 275 g/mol. The Morgan fingerprint density at radius 2 is 2.11 bits per heavy atom. The minimum absolute atomic E-state index is 0.325. The first-order chi connectivity index (χ1) is 9.33. The molecule has 1 saturated heterocycles. The van der Waals surface area contributed by atoms with E-state index in [1.165, 1.54) is 29.7 Å². The van der Waals surface area contributed by atoms with E-state index in [2.05, 4.69) is 4.98 Å². The van der Waals surface area contributed by atoms with Crippen LogP contribution < -0.4 is 5.73 Å². The Hall–Kier alpha value is -1.20. The summed E-state index contributed by atoms with van der Waals surface area (Å²) in [4.78, 5) is 11.9. The van der Waals surface area contributed by atoms with Crippen LogP contribution in [0, 0.1) is 0 Å². The molecule has 0 spiro atoms. The van der Waals surface area contributed by atoms with E-state index < -0.39 is 0 Å². The maximum Gasteiger partial charge on any atom is 0.137 e. The van der Waals surface area contributed by atoms with Crippen LogP contribution in [0.3, 0.4) is 0 Å². The van der Waals surface area contributed by atoms with E-state index >= 15 is 0 Å². The third kappa shape index (κ3) is 1.83. The fourth-order valence-electron chi connectivity index (χ4n) is 3.12. The number of fused-ring (bicyclic) bond motifs is 3. The molecule has 2 aromatic heterocycles. The quantitative estimate of drug-likeness (QED) is 0.869. The van der Waals surface area contributed by atoms with Crippen LogP contribution in [-0.4, -0.2) is 23.2 Å². The molecule has 100 valence electrons. The van der Waals surface area contributed by atoms with Crippen molar-refractivity contribution in [3.8, 4) is 0 Å². The van der Waals surface area contributed by atoms with Gasteiger partial charge >= 0.3 is 0 Å². The zero-order valence-electron chi connectivity index (χ0n) is 10.8. The standard InChI is InChI=1S/C14H17N3OS/c15-12-11-9-3-1-2-4-10(9)19-14(11)17-13(16-12)8-5-6-18-7-8/h8H,1-7H2,(H2,15,16,17). The second-order valence-electron chi connectivity index (χ2n) is 5.42. The molecule has 1 aliphatic carbocycles. The number of hydrogen-bond donors (Lipinski definition) is 1. The van der Waals surface area contributed by atoms with Gasteiger partial charge in [-0.15, -0.1) is 11.3 Å². The molecule has 1 atom stereocenters. The number of hydrogen-bond acceptors (Lipinski definition) is 5. The van der Waals surface area contributed by atoms with Gasteiger partial charge in [0.25, 0.3) is 0 Å². The average Bonchev–Trinajstić information content (AvgIpc) is 3.05. The van der Waals surface area contributed by atoms with Crippen molar-refractivity contribution in [1.82, 2.24) is 9.97 Å². The third-order valence-corrected chi connectivity index (χ3v) is 5.34. The Balaban J connectivity index is 1.87. The molecule has 5 heteroatoms. The number of ether oxygens (including phenoxy) is 1. The van der Waals surface area contributed by atoms with Crippen LogP contribution in [0.5, 0.6) is 0 Å². The number of nitrogens with zero attached hydrogens (tertiary/aromatic N) is 2. The van der Waals surface area contributed by atoms with Gasteiger partial charge in [0.05, 0.1) is 12.0 Å². The van der Waals surface area contributed by atoms with Crippen molar-refractivity contribution in [3.63, 3.8) is 0 Å². The van der Waals surface area contributed by atoms with Gasteiger partial charge in [0.1, 0.15) is 16.5 Å². The van der Waals surface area contributed by atoms with E-state index in [0.717, 1.165) is 42.1 Å². The lowest BCUT2D eigenvalue weighted by atomic mass is 9.97. The summed E-state index contributed by atoms with van der Waals surface area (Å²) in [6.07, 6.45) is 5.87. The first-order valence-corrected chi connectivity index (χ1v) is 7.80. The molecular weight excluding hydrogens is 258 g/mol. The van der Waals surface area contributed by atoms with Crippen LogP contribution in [0.15, 0.2) is 0 Å². The summed E-state index contributed by atoms with van der Waals surface area (Å²) in [5.41, 5.74) is 7.62. The summed E-state index contributed by atoms with van der Waals surface area (Å²) < 4.78 is 5.43. The zero-order chi connectivity index (χ0) is 12.8. The minimum atomic E-state index is 0.325. The number of rotatable bonds is 1. The van der Waals surface area contributed by atoms with Crippen LogP contribution >= 0.6 is 11.3 Å². The Labute approximate surface area is 116 Å². The Kier molecular flexibility index (Phi) is 2.70. The first kappa shape index (κ1) is 11.6. The van der Waals surface area contributed by atoms with Crippen LogP contribution in [-0.2, 0) is 17.6 Å². The zero-order valence-corrected chi connectivity index (χ0v) is 11.6. The lowest BCUT2D eigenvalue weighted by Crippen LogP contribution is -2.07. The molecule has 0 bridgehead atoms. The maximum absolute atomic E-state index is 6.21. The number of anilines is 1. The van der Waals surface area contributed by atoms with Gasteiger partial charge in [-0.25, -0.2) is 9.97 Å². The summed E-state index contributed by atoms with van der Waals surface area (Å²) in [6.45, 7) is 1.54. The molecule has 4 rings (SSSR count). The van der Waals surface area contributed by atoms with Crippen molar-refractivity contribution in [2.24, 2.45) is 0 Å². The molecule has 1 aliphatic heterocycles. The molecule has 4 nitrogen and oxygen atoms in total. The highest BCUT2D eigenvalue weighted by molar-refractivity contribution is 7.19. The SMILES string of the molecule is Nc1nc(C2CCOC2)nc2sc3c(c12)CCCC3. The van der Waals surface area contributed by atoms with Crippen molar-refractivity contribution >= 4 is 27.4 Å². The second-order valence-corrected chi connectivity index (χ2v) is 6.50. The van der Waals surface area contributed by atoms with Crippen molar-refractivity contribution in [1.29, 1.82) is 0 Å². The van der Waals surface area contributed by atoms with E-state index in [0.29, 0.717) is 11.7 Å². The normalized spacial score (nSPS) is 22.8. The average molecular weight is 275 g/mol.